The van der Waals surface area contributed by atoms with Gasteiger partial charge in [0.2, 0.25) is 5.91 Å². The Morgan fingerprint density at radius 3 is 2.22 bits per heavy atom. The Morgan fingerprint density at radius 2 is 2.11 bits per heavy atom. The molecule has 0 saturated heterocycles. The van der Waals surface area contributed by atoms with E-state index in [1.165, 1.54) is 0 Å². The molecule has 9 heavy (non-hydrogen) atoms. The van der Waals surface area contributed by atoms with Crippen molar-refractivity contribution < 1.29 is 4.79 Å². The maximum atomic E-state index is 10.3. The molecule has 1 unspecified atom stereocenters. The highest BCUT2D eigenvalue weighted by atomic mass is 16.1. The average Bonchev–Trinajstić information content (AvgIpc) is 1.63. The first-order valence-electron chi connectivity index (χ1n) is 3.05. The monoisotopic (exact) mass is 130 g/mol. The summed E-state index contributed by atoms with van der Waals surface area (Å²) in [6.07, 6.45) is 1.04. The molecule has 54 valence electrons. The number of nitrogens with two attached hydrogens (primary N) is 2. The topological polar surface area (TPSA) is 69.1 Å². The van der Waals surface area contributed by atoms with Crippen LogP contribution < -0.4 is 11.5 Å². The molecule has 0 radical (unpaired) electrons. The van der Waals surface area contributed by atoms with Crippen molar-refractivity contribution in [3.63, 3.8) is 0 Å². The lowest BCUT2D eigenvalue weighted by Gasteiger charge is -2.19. The lowest BCUT2D eigenvalue weighted by molar-refractivity contribution is -0.119. The SMILES string of the molecule is CCC(C)(N)CC(N)=O. The van der Waals surface area contributed by atoms with Crippen LogP contribution in [0.15, 0.2) is 0 Å². The van der Waals surface area contributed by atoms with Gasteiger partial charge in [0.05, 0.1) is 0 Å². The number of carbonyl (C=O) groups excluding carboxylic acids is 1. The highest BCUT2D eigenvalue weighted by Crippen LogP contribution is 2.08. The van der Waals surface area contributed by atoms with Crippen molar-refractivity contribution in [1.29, 1.82) is 0 Å². The highest BCUT2D eigenvalue weighted by Gasteiger charge is 2.17. The number of hydrogen-bond donors (Lipinski definition) is 2. The fourth-order valence-electron chi connectivity index (χ4n) is 0.523. The zero-order valence-electron chi connectivity index (χ0n) is 5.98. The molecule has 0 aliphatic rings. The van der Waals surface area contributed by atoms with Crippen molar-refractivity contribution in [3.8, 4) is 0 Å². The van der Waals surface area contributed by atoms with Crippen LogP contribution in [0.25, 0.3) is 0 Å². The molecule has 1 amide bonds. The summed E-state index contributed by atoms with van der Waals surface area (Å²) in [5.41, 5.74) is 10.1. The van der Waals surface area contributed by atoms with Gasteiger partial charge >= 0.3 is 0 Å². The molecule has 0 saturated carbocycles. The number of hydrogen-bond acceptors (Lipinski definition) is 2. The van der Waals surface area contributed by atoms with Gasteiger partial charge in [-0.05, 0) is 13.3 Å². The molecule has 0 heterocycles. The maximum Gasteiger partial charge on any atom is 0.219 e. The predicted octanol–water partition coefficient (Wildman–Crippen LogP) is -0.0108. The van der Waals surface area contributed by atoms with Crippen LogP contribution in [0.5, 0.6) is 0 Å². The minimum Gasteiger partial charge on any atom is -0.370 e. The minimum atomic E-state index is -0.411. The fourth-order valence-corrected chi connectivity index (χ4v) is 0.523. The van der Waals surface area contributed by atoms with Crippen LogP contribution in [-0.4, -0.2) is 11.4 Å². The van der Waals surface area contributed by atoms with Gasteiger partial charge in [-0.2, -0.15) is 0 Å². The van der Waals surface area contributed by atoms with E-state index in [9.17, 15) is 4.79 Å². The first-order valence-corrected chi connectivity index (χ1v) is 3.05. The van der Waals surface area contributed by atoms with Crippen LogP contribution in [0.3, 0.4) is 0 Å². The molecule has 4 N–H and O–H groups in total. The Morgan fingerprint density at radius 1 is 1.67 bits per heavy atom. The Labute approximate surface area is 55.4 Å². The molecular formula is C6H14N2O. The molecule has 3 heteroatoms. The van der Waals surface area contributed by atoms with Gasteiger partial charge in [0.15, 0.2) is 0 Å². The Hall–Kier alpha value is -0.570. The van der Waals surface area contributed by atoms with Crippen molar-refractivity contribution in [3.05, 3.63) is 0 Å². The molecule has 0 rings (SSSR count). The number of primary amides is 1. The van der Waals surface area contributed by atoms with Crippen molar-refractivity contribution in [2.45, 2.75) is 32.2 Å². The molecule has 1 atom stereocenters. The van der Waals surface area contributed by atoms with Gasteiger partial charge < -0.3 is 11.5 Å². The van der Waals surface area contributed by atoms with Crippen molar-refractivity contribution >= 4 is 5.91 Å². The van der Waals surface area contributed by atoms with E-state index in [2.05, 4.69) is 0 Å². The summed E-state index contributed by atoms with van der Waals surface area (Å²) in [4.78, 5) is 10.3. The molecule has 0 aromatic carbocycles. The second kappa shape index (κ2) is 2.82. The number of rotatable bonds is 3. The van der Waals surface area contributed by atoms with E-state index in [1.54, 1.807) is 0 Å². The Bertz CT molecular complexity index is 110. The van der Waals surface area contributed by atoms with Crippen molar-refractivity contribution in [2.24, 2.45) is 11.5 Å². The third-order valence-corrected chi connectivity index (χ3v) is 1.39. The Balaban J connectivity index is 3.71. The van der Waals surface area contributed by atoms with E-state index in [-0.39, 0.29) is 12.3 Å². The molecule has 0 aliphatic carbocycles. The summed E-state index contributed by atoms with van der Waals surface area (Å²) in [5, 5.41) is 0. The largest absolute Gasteiger partial charge is 0.370 e. The highest BCUT2D eigenvalue weighted by molar-refractivity contribution is 5.74. The van der Waals surface area contributed by atoms with Gasteiger partial charge in [-0.15, -0.1) is 0 Å². The number of amides is 1. The summed E-state index contributed by atoms with van der Waals surface area (Å²) >= 11 is 0. The van der Waals surface area contributed by atoms with Crippen LogP contribution in [0, 0.1) is 0 Å². The molecule has 0 aromatic heterocycles. The summed E-state index contributed by atoms with van der Waals surface area (Å²) in [7, 11) is 0. The van der Waals surface area contributed by atoms with Crippen LogP contribution in [0.1, 0.15) is 26.7 Å². The zero-order chi connectivity index (χ0) is 7.49. The quantitative estimate of drug-likeness (QED) is 0.564. The first kappa shape index (κ1) is 8.43. The van der Waals surface area contributed by atoms with Crippen LogP contribution >= 0.6 is 0 Å². The van der Waals surface area contributed by atoms with Crippen molar-refractivity contribution in [1.82, 2.24) is 0 Å². The smallest absolute Gasteiger partial charge is 0.219 e. The molecule has 3 nitrogen and oxygen atoms in total. The van der Waals surface area contributed by atoms with Gasteiger partial charge in [-0.3, -0.25) is 4.79 Å². The van der Waals surface area contributed by atoms with E-state index < -0.39 is 5.54 Å². The first-order chi connectivity index (χ1) is 3.98. The van der Waals surface area contributed by atoms with Gasteiger partial charge in [-0.25, -0.2) is 0 Å². The summed E-state index contributed by atoms with van der Waals surface area (Å²) in [5.74, 6) is -0.332. The van der Waals surface area contributed by atoms with Gasteiger partial charge in [0.1, 0.15) is 0 Å². The lowest BCUT2D eigenvalue weighted by Crippen LogP contribution is -2.39. The summed E-state index contributed by atoms with van der Waals surface area (Å²) < 4.78 is 0. The van der Waals surface area contributed by atoms with Crippen molar-refractivity contribution in [2.75, 3.05) is 0 Å². The second-order valence-corrected chi connectivity index (χ2v) is 2.65. The average molecular weight is 130 g/mol. The predicted molar refractivity (Wildman–Crippen MR) is 36.7 cm³/mol. The second-order valence-electron chi connectivity index (χ2n) is 2.65. The fraction of sp³-hybridized carbons (Fsp3) is 0.833. The summed E-state index contributed by atoms with van der Waals surface area (Å²) in [6, 6.07) is 0. The van der Waals surface area contributed by atoms with E-state index in [0.29, 0.717) is 0 Å². The molecular weight excluding hydrogens is 116 g/mol. The molecule has 0 bridgehead atoms. The molecule has 0 aliphatic heterocycles. The number of carbonyl (C=O) groups is 1. The Kier molecular flexibility index (Phi) is 2.65. The van der Waals surface area contributed by atoms with Gasteiger partial charge in [-0.1, -0.05) is 6.92 Å². The maximum absolute atomic E-state index is 10.3. The normalized spacial score (nSPS) is 16.8. The lowest BCUT2D eigenvalue weighted by atomic mass is 9.96. The van der Waals surface area contributed by atoms with E-state index in [4.69, 9.17) is 11.5 Å². The molecule has 0 spiro atoms. The van der Waals surface area contributed by atoms with Gasteiger partial charge in [0, 0.05) is 12.0 Å². The summed E-state index contributed by atoms with van der Waals surface area (Å²) in [6.45, 7) is 3.75. The minimum absolute atomic E-state index is 0.267. The van der Waals surface area contributed by atoms with Gasteiger partial charge in [0.25, 0.3) is 0 Å². The van der Waals surface area contributed by atoms with Crippen LogP contribution in [-0.2, 0) is 4.79 Å². The third-order valence-electron chi connectivity index (χ3n) is 1.39. The van der Waals surface area contributed by atoms with E-state index >= 15 is 0 Å². The van der Waals surface area contributed by atoms with Crippen LogP contribution in [0.4, 0.5) is 0 Å². The van der Waals surface area contributed by atoms with E-state index in [0.717, 1.165) is 6.42 Å². The molecule has 0 fully saturated rings. The third kappa shape index (κ3) is 3.97. The standard InChI is InChI=1S/C6H14N2O/c1-3-6(2,8)4-5(7)9/h3-4,8H2,1-2H3,(H2,7,9). The molecule has 0 aromatic rings. The van der Waals surface area contributed by atoms with Crippen LogP contribution in [0.2, 0.25) is 0 Å². The van der Waals surface area contributed by atoms with E-state index in [1.807, 2.05) is 13.8 Å². The zero-order valence-corrected chi connectivity index (χ0v) is 5.98.